The Kier molecular flexibility index (Phi) is 5.97. The highest BCUT2D eigenvalue weighted by atomic mass is 79.9. The number of hydrogen-bond donors (Lipinski definition) is 1. The maximum absolute atomic E-state index is 6.22. The van der Waals surface area contributed by atoms with E-state index in [9.17, 15) is 0 Å². The zero-order valence-corrected chi connectivity index (χ0v) is 15.7. The summed E-state index contributed by atoms with van der Waals surface area (Å²) < 4.78 is 7.71. The van der Waals surface area contributed by atoms with Crippen LogP contribution in [0.25, 0.3) is 0 Å². The van der Waals surface area contributed by atoms with Gasteiger partial charge >= 0.3 is 0 Å². The molecule has 0 bridgehead atoms. The Balaban J connectivity index is 2.03. The molecule has 0 unspecified atom stereocenters. The van der Waals surface area contributed by atoms with Gasteiger partial charge in [0.1, 0.15) is 5.75 Å². The minimum absolute atomic E-state index is 0.112. The summed E-state index contributed by atoms with van der Waals surface area (Å²) in [5, 5.41) is 3.97. The van der Waals surface area contributed by atoms with E-state index in [1.165, 1.54) is 5.56 Å². The molecule has 0 amide bonds. The van der Waals surface area contributed by atoms with Crippen molar-refractivity contribution in [3.8, 4) is 5.75 Å². The Labute approximate surface area is 147 Å². The standard InChI is InChI=1S/C16H16Br2ClNO/c1-10(2)21-16-6-4-12(8-15(16)19)20-9-11-3-5-13(17)14(18)7-11/h3-8,10,20H,9H2,1-2H3. The first-order valence-corrected chi connectivity index (χ1v) is 8.56. The Hall–Kier alpha value is -0.710. The molecular formula is C16H16Br2ClNO. The molecule has 0 aliphatic carbocycles. The van der Waals surface area contributed by atoms with Gasteiger partial charge in [-0.1, -0.05) is 17.7 Å². The highest BCUT2D eigenvalue weighted by Gasteiger charge is 2.05. The van der Waals surface area contributed by atoms with Gasteiger partial charge in [-0.05, 0) is 81.6 Å². The van der Waals surface area contributed by atoms with Gasteiger partial charge in [-0.3, -0.25) is 0 Å². The molecule has 0 aliphatic heterocycles. The molecule has 0 spiro atoms. The van der Waals surface area contributed by atoms with E-state index in [1.54, 1.807) is 0 Å². The second-order valence-electron chi connectivity index (χ2n) is 4.91. The predicted molar refractivity (Wildman–Crippen MR) is 96.4 cm³/mol. The third-order valence-corrected chi connectivity index (χ3v) is 4.95. The van der Waals surface area contributed by atoms with Crippen molar-refractivity contribution in [3.05, 3.63) is 55.9 Å². The second kappa shape index (κ2) is 7.52. The zero-order chi connectivity index (χ0) is 15.4. The van der Waals surface area contributed by atoms with Crippen LogP contribution in [0, 0.1) is 0 Å². The quantitative estimate of drug-likeness (QED) is 0.600. The van der Waals surface area contributed by atoms with Crippen molar-refractivity contribution in [2.24, 2.45) is 0 Å². The first-order valence-electron chi connectivity index (χ1n) is 6.59. The summed E-state index contributed by atoms with van der Waals surface area (Å²) in [6.07, 6.45) is 0.112. The second-order valence-corrected chi connectivity index (χ2v) is 7.03. The highest BCUT2D eigenvalue weighted by molar-refractivity contribution is 9.13. The van der Waals surface area contributed by atoms with E-state index in [0.717, 1.165) is 21.2 Å². The summed E-state index contributed by atoms with van der Waals surface area (Å²) in [6.45, 7) is 4.69. The Bertz CT molecular complexity index is 632. The summed E-state index contributed by atoms with van der Waals surface area (Å²) in [5.41, 5.74) is 2.15. The largest absolute Gasteiger partial charge is 0.489 e. The maximum Gasteiger partial charge on any atom is 0.138 e. The number of ether oxygens (including phenoxy) is 1. The van der Waals surface area contributed by atoms with Crippen LogP contribution in [0.5, 0.6) is 5.75 Å². The van der Waals surface area contributed by atoms with E-state index in [2.05, 4.69) is 49.3 Å². The fourth-order valence-corrected chi connectivity index (χ4v) is 2.71. The summed E-state index contributed by atoms with van der Waals surface area (Å²) in [5.74, 6) is 0.712. The Morgan fingerprint density at radius 2 is 1.86 bits per heavy atom. The van der Waals surface area contributed by atoms with Crippen molar-refractivity contribution in [1.29, 1.82) is 0 Å². The van der Waals surface area contributed by atoms with E-state index in [1.807, 2.05) is 38.1 Å². The molecule has 2 nitrogen and oxygen atoms in total. The van der Waals surface area contributed by atoms with Crippen molar-refractivity contribution >= 4 is 49.1 Å². The van der Waals surface area contributed by atoms with Crippen LogP contribution in [-0.2, 0) is 6.54 Å². The van der Waals surface area contributed by atoms with E-state index >= 15 is 0 Å². The molecular weight excluding hydrogens is 417 g/mol. The molecule has 5 heteroatoms. The smallest absolute Gasteiger partial charge is 0.138 e. The van der Waals surface area contributed by atoms with Crippen LogP contribution in [-0.4, -0.2) is 6.10 Å². The van der Waals surface area contributed by atoms with Gasteiger partial charge in [-0.2, -0.15) is 0 Å². The zero-order valence-electron chi connectivity index (χ0n) is 11.8. The fraction of sp³-hybridized carbons (Fsp3) is 0.250. The van der Waals surface area contributed by atoms with Gasteiger partial charge < -0.3 is 10.1 Å². The van der Waals surface area contributed by atoms with Crippen LogP contribution in [0.2, 0.25) is 5.02 Å². The minimum Gasteiger partial charge on any atom is -0.489 e. The summed E-state index contributed by atoms with van der Waals surface area (Å²) in [6, 6.07) is 11.9. The molecule has 0 atom stereocenters. The first kappa shape index (κ1) is 16.7. The van der Waals surface area contributed by atoms with Crippen molar-refractivity contribution in [1.82, 2.24) is 0 Å². The number of anilines is 1. The predicted octanol–water partition coefficient (Wildman–Crippen LogP) is 6.26. The molecule has 0 fully saturated rings. The number of benzene rings is 2. The maximum atomic E-state index is 6.22. The molecule has 1 N–H and O–H groups in total. The van der Waals surface area contributed by atoms with Crippen LogP contribution in [0.4, 0.5) is 5.69 Å². The van der Waals surface area contributed by atoms with Gasteiger partial charge in [0.05, 0.1) is 11.1 Å². The molecule has 21 heavy (non-hydrogen) atoms. The molecule has 2 rings (SSSR count). The lowest BCUT2D eigenvalue weighted by atomic mass is 10.2. The van der Waals surface area contributed by atoms with Gasteiger partial charge in [0.15, 0.2) is 0 Å². The lowest BCUT2D eigenvalue weighted by Gasteiger charge is -2.13. The lowest BCUT2D eigenvalue weighted by molar-refractivity contribution is 0.242. The van der Waals surface area contributed by atoms with E-state index in [4.69, 9.17) is 16.3 Å². The average Bonchev–Trinajstić information content (AvgIpc) is 2.42. The van der Waals surface area contributed by atoms with E-state index in [0.29, 0.717) is 10.8 Å². The SMILES string of the molecule is CC(C)Oc1ccc(NCc2ccc(Br)c(Br)c2)cc1Cl. The van der Waals surface area contributed by atoms with Crippen LogP contribution >= 0.6 is 43.5 Å². The summed E-state index contributed by atoms with van der Waals surface area (Å²) in [4.78, 5) is 0. The van der Waals surface area contributed by atoms with Crippen molar-refractivity contribution in [3.63, 3.8) is 0 Å². The number of halogens is 3. The van der Waals surface area contributed by atoms with Crippen LogP contribution in [0.15, 0.2) is 45.3 Å². The third kappa shape index (κ3) is 4.90. The van der Waals surface area contributed by atoms with Crippen molar-refractivity contribution in [2.45, 2.75) is 26.5 Å². The number of hydrogen-bond acceptors (Lipinski definition) is 2. The molecule has 0 saturated carbocycles. The Morgan fingerprint density at radius 3 is 2.48 bits per heavy atom. The summed E-state index contributed by atoms with van der Waals surface area (Å²) >= 11 is 13.2. The van der Waals surface area contributed by atoms with E-state index < -0.39 is 0 Å². The minimum atomic E-state index is 0.112. The Morgan fingerprint density at radius 1 is 1.10 bits per heavy atom. The third-order valence-electron chi connectivity index (χ3n) is 2.78. The molecule has 0 heterocycles. The topological polar surface area (TPSA) is 21.3 Å². The molecule has 0 saturated heterocycles. The van der Waals surface area contributed by atoms with Crippen LogP contribution in [0.1, 0.15) is 19.4 Å². The molecule has 0 radical (unpaired) electrons. The molecule has 0 aromatic heterocycles. The van der Waals surface area contributed by atoms with E-state index in [-0.39, 0.29) is 6.10 Å². The first-order chi connectivity index (χ1) is 9.95. The molecule has 0 aliphatic rings. The van der Waals surface area contributed by atoms with Crippen molar-refractivity contribution < 1.29 is 4.74 Å². The number of rotatable bonds is 5. The monoisotopic (exact) mass is 431 g/mol. The van der Waals surface area contributed by atoms with Crippen LogP contribution in [0.3, 0.4) is 0 Å². The molecule has 2 aromatic carbocycles. The lowest BCUT2D eigenvalue weighted by Crippen LogP contribution is -2.06. The van der Waals surface area contributed by atoms with Gasteiger partial charge in [-0.15, -0.1) is 0 Å². The van der Waals surface area contributed by atoms with Crippen LogP contribution < -0.4 is 10.1 Å². The van der Waals surface area contributed by atoms with Gasteiger partial charge in [-0.25, -0.2) is 0 Å². The normalized spacial score (nSPS) is 10.8. The average molecular weight is 434 g/mol. The van der Waals surface area contributed by atoms with Crippen molar-refractivity contribution in [2.75, 3.05) is 5.32 Å². The molecule has 112 valence electrons. The number of nitrogens with one attached hydrogen (secondary N) is 1. The highest BCUT2D eigenvalue weighted by Crippen LogP contribution is 2.29. The van der Waals surface area contributed by atoms with Gasteiger partial charge in [0, 0.05) is 21.2 Å². The van der Waals surface area contributed by atoms with Gasteiger partial charge in [0.25, 0.3) is 0 Å². The van der Waals surface area contributed by atoms with Gasteiger partial charge in [0.2, 0.25) is 0 Å². The summed E-state index contributed by atoms with van der Waals surface area (Å²) in [7, 11) is 0. The fourth-order valence-electron chi connectivity index (χ4n) is 1.81. The molecule has 2 aromatic rings.